The van der Waals surface area contributed by atoms with Gasteiger partial charge in [0, 0.05) is 12.1 Å². The maximum absolute atomic E-state index is 13.1. The van der Waals surface area contributed by atoms with Gasteiger partial charge in [0.25, 0.3) is 5.69 Å². The molecule has 0 N–H and O–H groups in total. The average Bonchev–Trinajstić information content (AvgIpc) is 2.45. The summed E-state index contributed by atoms with van der Waals surface area (Å²) in [6.45, 7) is 0. The first-order valence-corrected chi connectivity index (χ1v) is 5.72. The number of rotatable bonds is 3. The summed E-state index contributed by atoms with van der Waals surface area (Å²) in [5.74, 6) is -0.389. The minimum Gasteiger partial charge on any atom is -0.258 e. The normalized spacial score (nSPS) is 10.9. The molecule has 0 saturated heterocycles. The van der Waals surface area contributed by atoms with Crippen LogP contribution >= 0.6 is 0 Å². The number of nitrogens with zero attached hydrogens (tertiary/aromatic N) is 2. The van der Waals surface area contributed by atoms with Crippen molar-refractivity contribution in [3.8, 4) is 6.07 Å². The highest BCUT2D eigenvalue weighted by atomic mass is 19.1. The van der Waals surface area contributed by atoms with E-state index in [9.17, 15) is 14.5 Å². The smallest absolute Gasteiger partial charge is 0.258 e. The largest absolute Gasteiger partial charge is 0.269 e. The van der Waals surface area contributed by atoms with E-state index in [0.29, 0.717) is 16.7 Å². The Balaban J connectivity index is 2.37. The maximum Gasteiger partial charge on any atom is 0.269 e. The lowest BCUT2D eigenvalue weighted by molar-refractivity contribution is -0.384. The van der Waals surface area contributed by atoms with Crippen LogP contribution in [0.25, 0.3) is 11.6 Å². The standard InChI is InChI=1S/C15H9FN2O2/c16-14-3-1-2-11(9-14)8-13(10-17)12-4-6-15(7-5-12)18(19)20/h1-9H/b13-8-. The Bertz CT molecular complexity index is 715. The number of nitro groups is 1. The van der Waals surface area contributed by atoms with Crippen LogP contribution in [0.2, 0.25) is 0 Å². The number of non-ortho nitro benzene ring substituents is 1. The van der Waals surface area contributed by atoms with Gasteiger partial charge >= 0.3 is 0 Å². The summed E-state index contributed by atoms with van der Waals surface area (Å²) < 4.78 is 13.1. The van der Waals surface area contributed by atoms with Crippen molar-refractivity contribution in [2.75, 3.05) is 0 Å². The van der Waals surface area contributed by atoms with E-state index >= 15 is 0 Å². The van der Waals surface area contributed by atoms with E-state index in [4.69, 9.17) is 5.26 Å². The predicted molar refractivity (Wildman–Crippen MR) is 73.0 cm³/mol. The van der Waals surface area contributed by atoms with Crippen LogP contribution in [0.15, 0.2) is 48.5 Å². The van der Waals surface area contributed by atoms with Crippen molar-refractivity contribution in [1.29, 1.82) is 5.26 Å². The second-order valence-corrected chi connectivity index (χ2v) is 4.03. The molecule has 2 aromatic rings. The van der Waals surface area contributed by atoms with Crippen molar-refractivity contribution < 1.29 is 9.31 Å². The Hall–Kier alpha value is -3.00. The molecule has 5 heteroatoms. The zero-order chi connectivity index (χ0) is 14.5. The lowest BCUT2D eigenvalue weighted by Gasteiger charge is -2.00. The number of nitro benzene ring substituents is 1. The van der Waals surface area contributed by atoms with E-state index < -0.39 is 4.92 Å². The first-order chi connectivity index (χ1) is 9.60. The number of hydrogen-bond acceptors (Lipinski definition) is 3. The third-order valence-corrected chi connectivity index (χ3v) is 2.67. The molecule has 0 saturated carbocycles. The molecule has 0 atom stereocenters. The molecular weight excluding hydrogens is 259 g/mol. The molecule has 2 rings (SSSR count). The highest BCUT2D eigenvalue weighted by Crippen LogP contribution is 2.21. The van der Waals surface area contributed by atoms with Crippen molar-refractivity contribution >= 4 is 17.3 Å². The van der Waals surface area contributed by atoms with Crippen LogP contribution in [-0.2, 0) is 0 Å². The highest BCUT2D eigenvalue weighted by molar-refractivity contribution is 5.89. The predicted octanol–water partition coefficient (Wildman–Crippen LogP) is 3.80. The van der Waals surface area contributed by atoms with Crippen molar-refractivity contribution in [1.82, 2.24) is 0 Å². The van der Waals surface area contributed by atoms with E-state index in [-0.39, 0.29) is 11.5 Å². The Morgan fingerprint density at radius 1 is 1.25 bits per heavy atom. The summed E-state index contributed by atoms with van der Waals surface area (Å²) in [5.41, 5.74) is 1.37. The number of hydrogen-bond donors (Lipinski definition) is 0. The third kappa shape index (κ3) is 3.06. The van der Waals surface area contributed by atoms with E-state index in [0.717, 1.165) is 0 Å². The second kappa shape index (κ2) is 5.76. The van der Waals surface area contributed by atoms with Gasteiger partial charge in [-0.3, -0.25) is 10.1 Å². The molecule has 0 aromatic heterocycles. The topological polar surface area (TPSA) is 66.9 Å². The van der Waals surface area contributed by atoms with E-state index in [1.807, 2.05) is 6.07 Å². The summed E-state index contributed by atoms with van der Waals surface area (Å²) in [6, 6.07) is 13.5. The Kier molecular flexibility index (Phi) is 3.87. The van der Waals surface area contributed by atoms with Gasteiger partial charge in [0.05, 0.1) is 16.6 Å². The van der Waals surface area contributed by atoms with Gasteiger partial charge in [-0.2, -0.15) is 5.26 Å². The summed E-state index contributed by atoms with van der Waals surface area (Å²) >= 11 is 0. The molecule has 0 aliphatic carbocycles. The fraction of sp³-hybridized carbons (Fsp3) is 0. The minimum absolute atomic E-state index is 0.0446. The van der Waals surface area contributed by atoms with Crippen LogP contribution in [0.3, 0.4) is 0 Å². The summed E-state index contributed by atoms with van der Waals surface area (Å²) in [6.07, 6.45) is 1.53. The molecule has 4 nitrogen and oxygen atoms in total. The first-order valence-electron chi connectivity index (χ1n) is 5.72. The minimum atomic E-state index is -0.508. The number of benzene rings is 2. The van der Waals surface area contributed by atoms with Gasteiger partial charge in [-0.15, -0.1) is 0 Å². The quantitative estimate of drug-likeness (QED) is 0.368. The van der Waals surface area contributed by atoms with E-state index in [2.05, 4.69) is 0 Å². The zero-order valence-corrected chi connectivity index (χ0v) is 10.3. The molecule has 0 fully saturated rings. The first kappa shape index (κ1) is 13.4. The Morgan fingerprint density at radius 2 is 1.95 bits per heavy atom. The summed E-state index contributed by atoms with van der Waals surface area (Å²) in [5, 5.41) is 19.7. The summed E-state index contributed by atoms with van der Waals surface area (Å²) in [7, 11) is 0. The molecule has 0 aliphatic rings. The average molecular weight is 268 g/mol. The molecule has 0 unspecified atom stereocenters. The number of halogens is 1. The van der Waals surface area contributed by atoms with Gasteiger partial charge in [0.2, 0.25) is 0 Å². The van der Waals surface area contributed by atoms with E-state index in [1.54, 1.807) is 12.1 Å². The van der Waals surface area contributed by atoms with Crippen molar-refractivity contribution in [3.05, 3.63) is 75.6 Å². The van der Waals surface area contributed by atoms with Crippen molar-refractivity contribution in [2.24, 2.45) is 0 Å². The van der Waals surface area contributed by atoms with Crippen LogP contribution in [-0.4, -0.2) is 4.92 Å². The molecule has 0 spiro atoms. The molecule has 0 heterocycles. The van der Waals surface area contributed by atoms with Crippen LogP contribution in [0, 0.1) is 27.3 Å². The van der Waals surface area contributed by atoms with Gasteiger partial charge in [0.1, 0.15) is 5.82 Å². The maximum atomic E-state index is 13.1. The molecule has 2 aromatic carbocycles. The van der Waals surface area contributed by atoms with Crippen LogP contribution in [0.4, 0.5) is 10.1 Å². The van der Waals surface area contributed by atoms with Crippen molar-refractivity contribution in [2.45, 2.75) is 0 Å². The molecule has 20 heavy (non-hydrogen) atoms. The van der Waals surface area contributed by atoms with Gasteiger partial charge in [-0.1, -0.05) is 12.1 Å². The lowest BCUT2D eigenvalue weighted by Crippen LogP contribution is -1.88. The zero-order valence-electron chi connectivity index (χ0n) is 10.3. The molecule has 0 amide bonds. The summed E-state index contributed by atoms with van der Waals surface area (Å²) in [4.78, 5) is 10.1. The van der Waals surface area contributed by atoms with Gasteiger partial charge in [0.15, 0.2) is 0 Å². The fourth-order valence-electron chi connectivity index (χ4n) is 1.71. The molecule has 98 valence electrons. The SMILES string of the molecule is N#C/C(=C/c1cccc(F)c1)c1ccc([N+](=O)[O-])cc1. The van der Waals surface area contributed by atoms with Crippen molar-refractivity contribution in [3.63, 3.8) is 0 Å². The monoisotopic (exact) mass is 268 g/mol. The molecular formula is C15H9FN2O2. The third-order valence-electron chi connectivity index (χ3n) is 2.67. The van der Waals surface area contributed by atoms with Gasteiger partial charge in [-0.25, -0.2) is 4.39 Å². The lowest BCUT2D eigenvalue weighted by atomic mass is 10.0. The van der Waals surface area contributed by atoms with Gasteiger partial charge in [-0.05, 0) is 41.5 Å². The molecule has 0 aliphatic heterocycles. The van der Waals surface area contributed by atoms with E-state index in [1.165, 1.54) is 42.5 Å². The van der Waals surface area contributed by atoms with Crippen LogP contribution in [0.5, 0.6) is 0 Å². The molecule has 0 radical (unpaired) electrons. The fourth-order valence-corrected chi connectivity index (χ4v) is 1.71. The Morgan fingerprint density at radius 3 is 2.50 bits per heavy atom. The number of allylic oxidation sites excluding steroid dienone is 1. The van der Waals surface area contributed by atoms with Crippen LogP contribution < -0.4 is 0 Å². The molecule has 0 bridgehead atoms. The highest BCUT2D eigenvalue weighted by Gasteiger charge is 2.07. The second-order valence-electron chi connectivity index (χ2n) is 4.03. The number of nitriles is 1. The van der Waals surface area contributed by atoms with Crippen LogP contribution in [0.1, 0.15) is 11.1 Å². The van der Waals surface area contributed by atoms with Gasteiger partial charge < -0.3 is 0 Å². The Labute approximate surface area is 114 Å².